The van der Waals surface area contributed by atoms with Crippen LogP contribution < -0.4 is 5.73 Å². The van der Waals surface area contributed by atoms with Gasteiger partial charge in [0.15, 0.2) is 5.78 Å². The van der Waals surface area contributed by atoms with Crippen molar-refractivity contribution in [1.29, 1.82) is 0 Å². The van der Waals surface area contributed by atoms with Gasteiger partial charge in [-0.25, -0.2) is 0 Å². The van der Waals surface area contributed by atoms with Crippen LogP contribution in [0.25, 0.3) is 0 Å². The van der Waals surface area contributed by atoms with Crippen molar-refractivity contribution in [3.05, 3.63) is 35.9 Å². The molecule has 0 aliphatic heterocycles. The number of carbonyl (C=O) groups excluding carboxylic acids is 1. The minimum atomic E-state index is -0.405. The minimum absolute atomic E-state index is 0.00870. The molecule has 0 radical (unpaired) electrons. The van der Waals surface area contributed by atoms with Crippen LogP contribution in [0.5, 0.6) is 0 Å². The molecular weight excluding hydrogens is 144 g/mol. The molecule has 0 saturated carbocycles. The molecule has 0 aromatic heterocycles. The van der Waals surface area contributed by atoms with E-state index >= 15 is 0 Å². The van der Waals surface area contributed by atoms with Gasteiger partial charge in [0.05, 0.1) is 6.04 Å². The van der Waals surface area contributed by atoms with Gasteiger partial charge in [-0.05, 0) is 6.92 Å². The fourth-order valence-corrected chi connectivity index (χ4v) is 0.865. The lowest BCUT2D eigenvalue weighted by atomic mass is 10.3. The molecule has 0 fully saturated rings. The Morgan fingerprint density at radius 2 is 1.91 bits per heavy atom. The monoisotopic (exact) mass is 155 g/mol. The lowest BCUT2D eigenvalue weighted by Gasteiger charge is -2.02. The van der Waals surface area contributed by atoms with E-state index in [9.17, 15) is 4.79 Å². The van der Waals surface area contributed by atoms with Crippen LogP contribution in [0.2, 0.25) is 0 Å². The van der Waals surface area contributed by atoms with Gasteiger partial charge in [0, 0.05) is 5.56 Å². The number of rotatable bonds is 2. The van der Waals surface area contributed by atoms with Crippen molar-refractivity contribution in [3.8, 4) is 0 Å². The maximum Gasteiger partial charge on any atom is 0.179 e. The lowest BCUT2D eigenvalue weighted by Crippen LogP contribution is -2.26. The first-order chi connectivity index (χ1) is 5.22. The van der Waals surface area contributed by atoms with Gasteiger partial charge in [0.1, 0.15) is 0 Å². The summed E-state index contributed by atoms with van der Waals surface area (Å²) >= 11 is 0. The van der Waals surface area contributed by atoms with Crippen molar-refractivity contribution in [2.45, 2.75) is 13.0 Å². The Hall–Kier alpha value is -1.15. The van der Waals surface area contributed by atoms with Crippen LogP contribution in [-0.2, 0) is 0 Å². The largest absolute Gasteiger partial charge is 0.321 e. The van der Waals surface area contributed by atoms with Gasteiger partial charge in [-0.15, -0.1) is 0 Å². The van der Waals surface area contributed by atoms with E-state index in [1.165, 1.54) is 0 Å². The molecule has 1 rings (SSSR count). The predicted molar refractivity (Wildman–Crippen MR) is 44.4 cm³/mol. The Morgan fingerprint density at radius 3 is 2.36 bits per heavy atom. The molecule has 0 heterocycles. The lowest BCUT2D eigenvalue weighted by molar-refractivity contribution is 0.0968. The summed E-state index contributed by atoms with van der Waals surface area (Å²) in [5.74, 6) is -0.00870. The van der Waals surface area contributed by atoms with Crippen molar-refractivity contribution in [2.75, 3.05) is 0 Å². The van der Waals surface area contributed by atoms with E-state index in [4.69, 9.17) is 5.73 Å². The fourth-order valence-electron chi connectivity index (χ4n) is 0.865. The van der Waals surface area contributed by atoms with Crippen LogP contribution in [-0.4, -0.2) is 11.8 Å². The molecule has 1 aromatic rings. The highest BCUT2D eigenvalue weighted by Gasteiger charge is 2.08. The molecule has 0 saturated heterocycles. The summed E-state index contributed by atoms with van der Waals surface area (Å²) in [4.78, 5) is 11.2. The van der Waals surface area contributed by atoms with Crippen LogP contribution in [0.4, 0.5) is 0 Å². The predicted octanol–water partition coefficient (Wildman–Crippen LogP) is 1.22. The van der Waals surface area contributed by atoms with Crippen molar-refractivity contribution >= 4 is 5.78 Å². The molecule has 11 heavy (non-hydrogen) atoms. The number of carbonyl (C=O) groups is 1. The zero-order chi connectivity index (χ0) is 8.27. The number of benzene rings is 1. The maximum absolute atomic E-state index is 11.2. The minimum Gasteiger partial charge on any atom is -0.321 e. The summed E-state index contributed by atoms with van der Waals surface area (Å²) in [6.07, 6.45) is 0. The Balaban J connectivity index is 2.86. The highest BCUT2D eigenvalue weighted by molar-refractivity contribution is 5.99. The van der Waals surface area contributed by atoms with E-state index in [1.54, 1.807) is 19.1 Å². The van der Waals surface area contributed by atoms with Crippen molar-refractivity contribution in [3.63, 3.8) is 0 Å². The topological polar surface area (TPSA) is 43.1 Å². The first-order valence-corrected chi connectivity index (χ1v) is 3.56. The molecule has 0 aliphatic rings. The van der Waals surface area contributed by atoms with Crippen LogP contribution in [0.3, 0.4) is 0 Å². The zero-order valence-corrected chi connectivity index (χ0v) is 6.45. The van der Waals surface area contributed by atoms with E-state index in [0.717, 1.165) is 0 Å². The standard InChI is InChI=1S/C9H11NO/c1-7(10)9(11)8-5-3-2-4-6-8/h2-7H,10H2,1H3/i2+1,3+1,4+1,5+1,6+1,8+1. The molecule has 2 nitrogen and oxygen atoms in total. The van der Waals surface area contributed by atoms with Crippen molar-refractivity contribution < 1.29 is 4.79 Å². The Bertz CT molecular complexity index is 241. The molecule has 1 unspecified atom stereocenters. The number of nitrogens with two attached hydrogens (primary N) is 1. The number of hydrogen-bond acceptors (Lipinski definition) is 2. The summed E-state index contributed by atoms with van der Waals surface area (Å²) < 4.78 is 0. The average molecular weight is 155 g/mol. The Labute approximate surface area is 66.0 Å². The highest BCUT2D eigenvalue weighted by atomic mass is 16.1. The Kier molecular flexibility index (Phi) is 2.39. The van der Waals surface area contributed by atoms with E-state index in [1.807, 2.05) is 18.2 Å². The van der Waals surface area contributed by atoms with Crippen LogP contribution in [0.15, 0.2) is 30.3 Å². The molecule has 0 amide bonds. The van der Waals surface area contributed by atoms with Gasteiger partial charge in [0.2, 0.25) is 0 Å². The number of Topliss-reactive ketones (excluding diaryl/α,β-unsaturated/α-hetero) is 1. The normalized spacial score (nSPS) is 12.5. The summed E-state index contributed by atoms with van der Waals surface area (Å²) in [6.45, 7) is 1.69. The van der Waals surface area contributed by atoms with Gasteiger partial charge in [-0.2, -0.15) is 0 Å². The van der Waals surface area contributed by atoms with Gasteiger partial charge in [0.25, 0.3) is 0 Å². The maximum atomic E-state index is 11.2. The van der Waals surface area contributed by atoms with Gasteiger partial charge in [-0.1, -0.05) is 30.3 Å². The summed E-state index contributed by atoms with van der Waals surface area (Å²) in [6, 6.07) is 8.66. The van der Waals surface area contributed by atoms with Crippen molar-refractivity contribution in [2.24, 2.45) is 5.73 Å². The van der Waals surface area contributed by atoms with Crippen LogP contribution in [0, 0.1) is 0 Å². The quantitative estimate of drug-likeness (QED) is 0.652. The molecular formula is C9H11NO. The van der Waals surface area contributed by atoms with Gasteiger partial charge < -0.3 is 5.73 Å². The van der Waals surface area contributed by atoms with E-state index in [0.29, 0.717) is 5.56 Å². The summed E-state index contributed by atoms with van der Waals surface area (Å²) in [7, 11) is 0. The van der Waals surface area contributed by atoms with E-state index < -0.39 is 6.04 Å². The summed E-state index contributed by atoms with van der Waals surface area (Å²) in [5.41, 5.74) is 6.10. The zero-order valence-electron chi connectivity index (χ0n) is 6.45. The molecule has 2 heteroatoms. The van der Waals surface area contributed by atoms with E-state index in [2.05, 4.69) is 0 Å². The van der Waals surface area contributed by atoms with Crippen LogP contribution in [0.1, 0.15) is 17.3 Å². The molecule has 2 N–H and O–H groups in total. The summed E-state index contributed by atoms with van der Waals surface area (Å²) in [5, 5.41) is 0. The first kappa shape index (κ1) is 7.95. The van der Waals surface area contributed by atoms with E-state index in [-0.39, 0.29) is 5.78 Å². The number of ketones is 1. The molecule has 0 spiro atoms. The highest BCUT2D eigenvalue weighted by Crippen LogP contribution is 2.01. The third kappa shape index (κ3) is 1.88. The fraction of sp³-hybridized carbons (Fsp3) is 0.222. The second kappa shape index (κ2) is 3.30. The van der Waals surface area contributed by atoms with Crippen LogP contribution >= 0.6 is 0 Å². The average Bonchev–Trinajstić information content (AvgIpc) is 2.05. The van der Waals surface area contributed by atoms with Gasteiger partial charge >= 0.3 is 0 Å². The molecule has 1 atom stereocenters. The third-order valence-corrected chi connectivity index (χ3v) is 1.47. The molecule has 0 bridgehead atoms. The molecule has 0 aliphatic carbocycles. The molecule has 58 valence electrons. The van der Waals surface area contributed by atoms with Gasteiger partial charge in [-0.3, -0.25) is 4.79 Å². The SMILES string of the molecule is CC(N)C(=O)[13c]1[13cH][13cH][13cH][13cH][13cH]1. The second-order valence-corrected chi connectivity index (χ2v) is 2.52. The molecule has 1 aromatic carbocycles. The number of hydrogen-bond donors (Lipinski definition) is 1. The smallest absolute Gasteiger partial charge is 0.179 e. The second-order valence-electron chi connectivity index (χ2n) is 2.52. The Morgan fingerprint density at radius 1 is 1.36 bits per heavy atom. The van der Waals surface area contributed by atoms with Crippen molar-refractivity contribution in [1.82, 2.24) is 0 Å². The first-order valence-electron chi connectivity index (χ1n) is 3.56. The third-order valence-electron chi connectivity index (χ3n) is 1.47.